The summed E-state index contributed by atoms with van der Waals surface area (Å²) in [6, 6.07) is 0. The summed E-state index contributed by atoms with van der Waals surface area (Å²) in [4.78, 5) is 9.99. The molecule has 1 N–H and O–H groups in total. The van der Waals surface area contributed by atoms with Gasteiger partial charge in [0.25, 0.3) is 0 Å². The lowest BCUT2D eigenvalue weighted by atomic mass is 10.4. The zero-order valence-corrected chi connectivity index (χ0v) is 11.9. The molecule has 1 aromatic rings. The molecule has 7 nitrogen and oxygen atoms in total. The van der Waals surface area contributed by atoms with E-state index in [1.807, 2.05) is 0 Å². The van der Waals surface area contributed by atoms with Gasteiger partial charge in [0.1, 0.15) is 11.4 Å². The van der Waals surface area contributed by atoms with Crippen LogP contribution in [0, 0.1) is 0 Å². The first-order chi connectivity index (χ1) is 9.56. The van der Waals surface area contributed by atoms with Gasteiger partial charge in [-0.15, -0.1) is 0 Å². The lowest BCUT2D eigenvalue weighted by Crippen LogP contribution is -2.38. The summed E-state index contributed by atoms with van der Waals surface area (Å²) >= 11 is 0. The Morgan fingerprint density at radius 2 is 2.10 bits per heavy atom. The number of hydrogen-bond acceptors (Lipinski definition) is 4. The Hall–Kier alpha value is -1.62. The minimum atomic E-state index is -4.65. The van der Waals surface area contributed by atoms with Crippen LogP contribution in [0.2, 0.25) is 0 Å². The highest BCUT2D eigenvalue weighted by Crippen LogP contribution is 2.22. The van der Waals surface area contributed by atoms with E-state index < -0.39 is 33.6 Å². The second-order valence-electron chi connectivity index (χ2n) is 4.13. The standard InChI is InChI=1S/C10H14F3N3O4S/c1-2-16(7-10(11,12)13)21(19,20)8-5-14-15(6-8)4-3-9(17)18/h5-6H,2-4,7H2,1H3,(H,17,18). The molecule has 21 heavy (non-hydrogen) atoms. The fourth-order valence-electron chi connectivity index (χ4n) is 1.53. The van der Waals surface area contributed by atoms with Gasteiger partial charge in [0.2, 0.25) is 10.0 Å². The number of aryl methyl sites for hydroxylation is 1. The van der Waals surface area contributed by atoms with Gasteiger partial charge < -0.3 is 5.11 Å². The van der Waals surface area contributed by atoms with Gasteiger partial charge in [-0.3, -0.25) is 9.48 Å². The van der Waals surface area contributed by atoms with Gasteiger partial charge in [-0.1, -0.05) is 6.92 Å². The predicted octanol–water partition coefficient (Wildman–Crippen LogP) is 0.931. The van der Waals surface area contributed by atoms with Gasteiger partial charge in [0.05, 0.1) is 19.2 Å². The maximum Gasteiger partial charge on any atom is 0.402 e. The molecular formula is C10H14F3N3O4S. The number of aliphatic carboxylic acids is 1. The van der Waals surface area contributed by atoms with Crippen molar-refractivity contribution in [2.45, 2.75) is 31.0 Å². The number of aromatic nitrogens is 2. The average molecular weight is 329 g/mol. The van der Waals surface area contributed by atoms with Crippen molar-refractivity contribution < 1.29 is 31.5 Å². The molecule has 0 aliphatic heterocycles. The Morgan fingerprint density at radius 3 is 2.57 bits per heavy atom. The number of carboxylic acid groups (broad SMARTS) is 1. The molecule has 0 aliphatic carbocycles. The van der Waals surface area contributed by atoms with Crippen molar-refractivity contribution >= 4 is 16.0 Å². The average Bonchev–Trinajstić information content (AvgIpc) is 2.81. The summed E-state index contributed by atoms with van der Waals surface area (Å²) < 4.78 is 62.5. The molecule has 0 atom stereocenters. The molecule has 0 amide bonds. The molecule has 0 saturated heterocycles. The van der Waals surface area contributed by atoms with Gasteiger partial charge in [-0.2, -0.15) is 22.6 Å². The molecule has 1 heterocycles. The van der Waals surface area contributed by atoms with Crippen LogP contribution in [0.3, 0.4) is 0 Å². The minimum Gasteiger partial charge on any atom is -0.481 e. The zero-order chi connectivity index (χ0) is 16.3. The van der Waals surface area contributed by atoms with Crippen molar-refractivity contribution in [2.75, 3.05) is 13.1 Å². The molecule has 0 unspecified atom stereocenters. The number of hydrogen-bond donors (Lipinski definition) is 1. The van der Waals surface area contributed by atoms with E-state index in [1.165, 1.54) is 6.92 Å². The van der Waals surface area contributed by atoms with E-state index in [0.29, 0.717) is 0 Å². The minimum absolute atomic E-state index is 0.0732. The first-order valence-corrected chi connectivity index (χ1v) is 7.31. The molecule has 0 aromatic carbocycles. The molecule has 0 bridgehead atoms. The molecule has 1 rings (SSSR count). The van der Waals surface area contributed by atoms with Crippen LogP contribution in [0.15, 0.2) is 17.3 Å². The molecular weight excluding hydrogens is 315 g/mol. The lowest BCUT2D eigenvalue weighted by Gasteiger charge is -2.20. The van der Waals surface area contributed by atoms with Crippen molar-refractivity contribution in [3.05, 3.63) is 12.4 Å². The molecule has 0 fully saturated rings. The molecule has 11 heteroatoms. The third kappa shape index (κ3) is 5.01. The number of halogens is 3. The first-order valence-electron chi connectivity index (χ1n) is 5.87. The summed E-state index contributed by atoms with van der Waals surface area (Å²) in [7, 11) is -4.32. The maximum atomic E-state index is 12.4. The van der Waals surface area contributed by atoms with Gasteiger partial charge in [-0.25, -0.2) is 8.42 Å². The fraction of sp³-hybridized carbons (Fsp3) is 0.600. The Morgan fingerprint density at radius 1 is 1.48 bits per heavy atom. The van der Waals surface area contributed by atoms with Crippen LogP contribution in [0.5, 0.6) is 0 Å². The molecule has 120 valence electrons. The van der Waals surface area contributed by atoms with Crippen LogP contribution in [0.4, 0.5) is 13.2 Å². The smallest absolute Gasteiger partial charge is 0.402 e. The molecule has 0 saturated carbocycles. The van der Waals surface area contributed by atoms with Crippen LogP contribution in [-0.2, 0) is 21.4 Å². The second kappa shape index (κ2) is 6.43. The van der Waals surface area contributed by atoms with Crippen LogP contribution in [0.25, 0.3) is 0 Å². The van der Waals surface area contributed by atoms with E-state index in [9.17, 15) is 26.4 Å². The van der Waals surface area contributed by atoms with Crippen LogP contribution in [-0.4, -0.2) is 52.8 Å². The van der Waals surface area contributed by atoms with Crippen molar-refractivity contribution in [1.82, 2.24) is 14.1 Å². The Kier molecular flexibility index (Phi) is 5.34. The highest BCUT2D eigenvalue weighted by molar-refractivity contribution is 7.89. The molecule has 0 spiro atoms. The normalized spacial score (nSPS) is 12.8. The summed E-state index contributed by atoms with van der Waals surface area (Å²) in [5.41, 5.74) is 0. The predicted molar refractivity (Wildman–Crippen MR) is 65.0 cm³/mol. The van der Waals surface area contributed by atoms with Crippen molar-refractivity contribution in [3.8, 4) is 0 Å². The Labute approximate surface area is 119 Å². The van der Waals surface area contributed by atoms with E-state index in [4.69, 9.17) is 5.11 Å². The fourth-order valence-corrected chi connectivity index (χ4v) is 2.92. The summed E-state index contributed by atoms with van der Waals surface area (Å²) in [5.74, 6) is -1.10. The molecule has 1 aromatic heterocycles. The third-order valence-electron chi connectivity index (χ3n) is 2.51. The largest absolute Gasteiger partial charge is 0.481 e. The number of carboxylic acids is 1. The van der Waals surface area contributed by atoms with E-state index >= 15 is 0 Å². The van der Waals surface area contributed by atoms with Crippen molar-refractivity contribution in [2.24, 2.45) is 0 Å². The van der Waals surface area contributed by atoms with E-state index in [2.05, 4.69) is 5.10 Å². The third-order valence-corrected chi connectivity index (χ3v) is 4.38. The van der Waals surface area contributed by atoms with Gasteiger partial charge in [0.15, 0.2) is 0 Å². The number of nitrogens with zero attached hydrogens (tertiary/aromatic N) is 3. The SMILES string of the molecule is CCN(CC(F)(F)F)S(=O)(=O)c1cnn(CCC(=O)O)c1. The number of carbonyl (C=O) groups is 1. The number of sulfonamides is 1. The number of alkyl halides is 3. The molecule has 0 aliphatic rings. The summed E-state index contributed by atoms with van der Waals surface area (Å²) in [5, 5.41) is 12.1. The van der Waals surface area contributed by atoms with Gasteiger partial charge >= 0.3 is 12.1 Å². The highest BCUT2D eigenvalue weighted by atomic mass is 32.2. The lowest BCUT2D eigenvalue weighted by molar-refractivity contribution is -0.137. The van der Waals surface area contributed by atoms with Gasteiger partial charge in [0, 0.05) is 12.7 Å². The molecule has 0 radical (unpaired) electrons. The first kappa shape index (κ1) is 17.4. The monoisotopic (exact) mass is 329 g/mol. The highest BCUT2D eigenvalue weighted by Gasteiger charge is 2.36. The number of rotatable bonds is 7. The Balaban J connectivity index is 2.93. The van der Waals surface area contributed by atoms with Crippen LogP contribution < -0.4 is 0 Å². The zero-order valence-electron chi connectivity index (χ0n) is 11.0. The van der Waals surface area contributed by atoms with Crippen LogP contribution in [0.1, 0.15) is 13.3 Å². The van der Waals surface area contributed by atoms with Crippen molar-refractivity contribution in [1.29, 1.82) is 0 Å². The summed E-state index contributed by atoms with van der Waals surface area (Å²) in [6.07, 6.45) is -3.02. The van der Waals surface area contributed by atoms with E-state index in [0.717, 1.165) is 17.1 Å². The second-order valence-corrected chi connectivity index (χ2v) is 6.07. The van der Waals surface area contributed by atoms with E-state index in [-0.39, 0.29) is 23.8 Å². The quantitative estimate of drug-likeness (QED) is 0.803. The maximum absolute atomic E-state index is 12.4. The summed E-state index contributed by atoms with van der Waals surface area (Å²) in [6.45, 7) is -0.720. The topological polar surface area (TPSA) is 92.5 Å². The van der Waals surface area contributed by atoms with Crippen LogP contribution >= 0.6 is 0 Å². The Bertz CT molecular complexity index is 597. The van der Waals surface area contributed by atoms with Crippen molar-refractivity contribution in [3.63, 3.8) is 0 Å². The van der Waals surface area contributed by atoms with Gasteiger partial charge in [-0.05, 0) is 0 Å². The van der Waals surface area contributed by atoms with E-state index in [1.54, 1.807) is 0 Å².